The second kappa shape index (κ2) is 5.58. The van der Waals surface area contributed by atoms with Gasteiger partial charge >= 0.3 is 5.97 Å². The molecule has 1 aliphatic rings. The molecule has 110 valence electrons. The first-order valence-corrected chi connectivity index (χ1v) is 8.63. The highest BCUT2D eigenvalue weighted by Gasteiger charge is 2.29. The van der Waals surface area contributed by atoms with Crippen LogP contribution in [0, 0.1) is 5.82 Å². The van der Waals surface area contributed by atoms with Crippen molar-refractivity contribution in [2.75, 3.05) is 24.6 Å². The molecule has 1 aliphatic heterocycles. The third kappa shape index (κ3) is 2.89. The van der Waals surface area contributed by atoms with Crippen molar-refractivity contribution in [3.05, 3.63) is 29.6 Å². The molecular formula is C11H12FNO5S2. The highest BCUT2D eigenvalue weighted by molar-refractivity contribution is 7.89. The summed E-state index contributed by atoms with van der Waals surface area (Å²) in [4.78, 5) is 10.6. The van der Waals surface area contributed by atoms with Crippen LogP contribution in [0.25, 0.3) is 0 Å². The highest BCUT2D eigenvalue weighted by atomic mass is 32.2. The molecule has 1 aromatic carbocycles. The van der Waals surface area contributed by atoms with Crippen molar-refractivity contribution in [1.82, 2.24) is 4.31 Å². The molecule has 1 aromatic rings. The molecule has 0 radical (unpaired) electrons. The zero-order chi connectivity index (χ0) is 14.9. The van der Waals surface area contributed by atoms with E-state index in [0.717, 1.165) is 22.5 Å². The molecule has 0 bridgehead atoms. The van der Waals surface area contributed by atoms with E-state index in [9.17, 15) is 21.8 Å². The molecule has 1 saturated heterocycles. The van der Waals surface area contributed by atoms with Crippen molar-refractivity contribution < 1.29 is 26.9 Å². The zero-order valence-corrected chi connectivity index (χ0v) is 11.9. The van der Waals surface area contributed by atoms with Gasteiger partial charge in [0.1, 0.15) is 5.82 Å². The van der Waals surface area contributed by atoms with E-state index < -0.39 is 38.2 Å². The number of carboxylic acids is 1. The lowest BCUT2D eigenvalue weighted by Crippen LogP contribution is -2.41. The van der Waals surface area contributed by atoms with Crippen molar-refractivity contribution in [2.24, 2.45) is 0 Å². The number of hydrogen-bond acceptors (Lipinski definition) is 4. The predicted octanol–water partition coefficient (Wildman–Crippen LogP) is 0.277. The molecular weight excluding hydrogens is 309 g/mol. The topological polar surface area (TPSA) is 91.8 Å². The van der Waals surface area contributed by atoms with E-state index in [4.69, 9.17) is 5.11 Å². The zero-order valence-electron chi connectivity index (χ0n) is 10.3. The van der Waals surface area contributed by atoms with E-state index in [0.29, 0.717) is 0 Å². The Morgan fingerprint density at radius 1 is 1.30 bits per heavy atom. The SMILES string of the molecule is O=C(O)c1cc(S(=O)(=O)N2CCS(=O)CC2)ccc1F. The Bertz CT molecular complexity index is 663. The molecule has 9 heteroatoms. The molecule has 0 saturated carbocycles. The Morgan fingerprint density at radius 3 is 2.45 bits per heavy atom. The summed E-state index contributed by atoms with van der Waals surface area (Å²) >= 11 is 0. The smallest absolute Gasteiger partial charge is 0.338 e. The molecule has 1 fully saturated rings. The van der Waals surface area contributed by atoms with E-state index in [2.05, 4.69) is 0 Å². The van der Waals surface area contributed by atoms with Crippen LogP contribution in [0.2, 0.25) is 0 Å². The van der Waals surface area contributed by atoms with Gasteiger partial charge in [-0.3, -0.25) is 4.21 Å². The molecule has 0 aromatic heterocycles. The summed E-state index contributed by atoms with van der Waals surface area (Å²) in [5, 5.41) is 8.81. The van der Waals surface area contributed by atoms with Gasteiger partial charge in [-0.1, -0.05) is 0 Å². The summed E-state index contributed by atoms with van der Waals surface area (Å²) in [5.41, 5.74) is -0.688. The molecule has 1 N–H and O–H groups in total. The number of nitrogens with zero attached hydrogens (tertiary/aromatic N) is 1. The number of carboxylic acid groups (broad SMARTS) is 1. The number of hydrogen-bond donors (Lipinski definition) is 1. The van der Waals surface area contributed by atoms with Crippen LogP contribution in [0.1, 0.15) is 10.4 Å². The van der Waals surface area contributed by atoms with Crippen LogP contribution in [-0.4, -0.2) is 52.6 Å². The second-order valence-electron chi connectivity index (χ2n) is 4.20. The largest absolute Gasteiger partial charge is 0.478 e. The summed E-state index contributed by atoms with van der Waals surface area (Å²) < 4.78 is 50.2. The van der Waals surface area contributed by atoms with Crippen LogP contribution in [-0.2, 0) is 20.8 Å². The van der Waals surface area contributed by atoms with Crippen LogP contribution < -0.4 is 0 Å². The summed E-state index contributed by atoms with van der Waals surface area (Å²) in [7, 11) is -4.92. The van der Waals surface area contributed by atoms with E-state index in [1.165, 1.54) is 0 Å². The van der Waals surface area contributed by atoms with Gasteiger partial charge in [-0.2, -0.15) is 4.31 Å². The second-order valence-corrected chi connectivity index (χ2v) is 7.83. The summed E-state index contributed by atoms with van der Waals surface area (Å²) in [5.74, 6) is -2.03. The highest BCUT2D eigenvalue weighted by Crippen LogP contribution is 2.20. The monoisotopic (exact) mass is 321 g/mol. The molecule has 0 atom stereocenters. The van der Waals surface area contributed by atoms with Crippen molar-refractivity contribution in [2.45, 2.75) is 4.90 Å². The number of sulfonamides is 1. The Morgan fingerprint density at radius 2 is 1.90 bits per heavy atom. The number of aromatic carboxylic acids is 1. The normalized spacial score (nSPS) is 18.1. The standard InChI is InChI=1S/C11H12FNO5S2/c12-10-2-1-8(7-9(10)11(14)15)20(17,18)13-3-5-19(16)6-4-13/h1-2,7H,3-6H2,(H,14,15). The van der Waals surface area contributed by atoms with E-state index in [1.807, 2.05) is 0 Å². The van der Waals surface area contributed by atoms with Gasteiger partial charge < -0.3 is 5.11 Å². The third-order valence-corrected chi connectivity index (χ3v) is 6.11. The van der Waals surface area contributed by atoms with Crippen molar-refractivity contribution in [3.63, 3.8) is 0 Å². The van der Waals surface area contributed by atoms with Gasteiger partial charge in [0.15, 0.2) is 0 Å². The maximum Gasteiger partial charge on any atom is 0.338 e. The van der Waals surface area contributed by atoms with Crippen molar-refractivity contribution >= 4 is 26.8 Å². The number of benzene rings is 1. The molecule has 0 aliphatic carbocycles. The lowest BCUT2D eigenvalue weighted by atomic mass is 10.2. The number of rotatable bonds is 3. The lowest BCUT2D eigenvalue weighted by molar-refractivity contribution is 0.0691. The minimum Gasteiger partial charge on any atom is -0.478 e. The summed E-state index contributed by atoms with van der Waals surface area (Å²) in [6.45, 7) is 0.212. The predicted molar refractivity (Wildman–Crippen MR) is 70.0 cm³/mol. The minimum atomic E-state index is -3.89. The first-order chi connectivity index (χ1) is 9.32. The maximum atomic E-state index is 13.3. The first-order valence-electron chi connectivity index (χ1n) is 5.70. The van der Waals surface area contributed by atoms with Gasteiger partial charge in [-0.25, -0.2) is 17.6 Å². The minimum absolute atomic E-state index is 0.106. The Balaban J connectivity index is 2.37. The van der Waals surface area contributed by atoms with Gasteiger partial charge in [0, 0.05) is 35.4 Å². The van der Waals surface area contributed by atoms with Gasteiger partial charge in [0.05, 0.1) is 10.5 Å². The molecule has 20 heavy (non-hydrogen) atoms. The van der Waals surface area contributed by atoms with Gasteiger partial charge in [-0.15, -0.1) is 0 Å². The molecule has 6 nitrogen and oxygen atoms in total. The summed E-state index contributed by atoms with van der Waals surface area (Å²) in [6.07, 6.45) is 0. The average Bonchev–Trinajstić information content (AvgIpc) is 2.39. The molecule has 2 rings (SSSR count). The molecule has 0 amide bonds. The van der Waals surface area contributed by atoms with Crippen molar-refractivity contribution in [1.29, 1.82) is 0 Å². The quantitative estimate of drug-likeness (QED) is 0.863. The van der Waals surface area contributed by atoms with Gasteiger partial charge in [0.2, 0.25) is 10.0 Å². The van der Waals surface area contributed by atoms with Gasteiger partial charge in [0.25, 0.3) is 0 Å². The maximum absolute atomic E-state index is 13.3. The third-order valence-electron chi connectivity index (χ3n) is 2.94. The van der Waals surface area contributed by atoms with Gasteiger partial charge in [-0.05, 0) is 18.2 Å². The molecule has 0 unspecified atom stereocenters. The fraction of sp³-hybridized carbons (Fsp3) is 0.364. The average molecular weight is 321 g/mol. The van der Waals surface area contributed by atoms with Crippen LogP contribution in [0.15, 0.2) is 23.1 Å². The van der Waals surface area contributed by atoms with Crippen LogP contribution in [0.5, 0.6) is 0 Å². The number of halogens is 1. The molecule has 0 spiro atoms. The Labute approximate surface area is 117 Å². The fourth-order valence-corrected chi connectivity index (χ4v) is 4.59. The van der Waals surface area contributed by atoms with Crippen molar-refractivity contribution in [3.8, 4) is 0 Å². The Kier molecular flexibility index (Phi) is 4.21. The van der Waals surface area contributed by atoms with E-state index >= 15 is 0 Å². The fourth-order valence-electron chi connectivity index (χ4n) is 1.84. The first kappa shape index (κ1) is 15.1. The van der Waals surface area contributed by atoms with E-state index in [-0.39, 0.29) is 29.5 Å². The Hall–Kier alpha value is -1.32. The summed E-state index contributed by atoms with van der Waals surface area (Å²) in [6, 6.07) is 2.65. The van der Waals surface area contributed by atoms with Crippen LogP contribution >= 0.6 is 0 Å². The van der Waals surface area contributed by atoms with E-state index in [1.54, 1.807) is 0 Å². The van der Waals surface area contributed by atoms with Crippen LogP contribution in [0.3, 0.4) is 0 Å². The van der Waals surface area contributed by atoms with Crippen LogP contribution in [0.4, 0.5) is 4.39 Å². The lowest BCUT2D eigenvalue weighted by Gasteiger charge is -2.25. The molecule has 1 heterocycles. The number of carbonyl (C=O) groups is 1.